The van der Waals surface area contributed by atoms with Gasteiger partial charge in [-0.25, -0.2) is 4.79 Å². The Balaban J connectivity index is 1.84. The van der Waals surface area contributed by atoms with E-state index in [1.165, 1.54) is 4.90 Å². The number of carbonyl (C=O) groups excluding carboxylic acids is 2. The van der Waals surface area contributed by atoms with Crippen molar-refractivity contribution < 1.29 is 9.59 Å². The van der Waals surface area contributed by atoms with Crippen LogP contribution in [-0.4, -0.2) is 21.8 Å². The molecule has 1 saturated heterocycles. The molecule has 0 spiro atoms. The van der Waals surface area contributed by atoms with Crippen molar-refractivity contribution in [1.29, 1.82) is 0 Å². The number of imide groups is 1. The highest BCUT2D eigenvalue weighted by Gasteiger charge is 2.48. The second-order valence-corrected chi connectivity index (χ2v) is 5.71. The van der Waals surface area contributed by atoms with Crippen molar-refractivity contribution in [1.82, 2.24) is 15.2 Å². The van der Waals surface area contributed by atoms with Gasteiger partial charge in [0.1, 0.15) is 5.54 Å². The molecular formula is C17H18N4O2. The van der Waals surface area contributed by atoms with Crippen LogP contribution >= 0.6 is 0 Å². The summed E-state index contributed by atoms with van der Waals surface area (Å²) in [4.78, 5) is 30.3. The van der Waals surface area contributed by atoms with Gasteiger partial charge in [0.25, 0.3) is 5.91 Å². The number of hydrogen-bond donors (Lipinski definition) is 2. The van der Waals surface area contributed by atoms with Gasteiger partial charge in [0, 0.05) is 24.5 Å². The third-order valence-corrected chi connectivity index (χ3v) is 4.11. The van der Waals surface area contributed by atoms with Crippen LogP contribution in [0.25, 0.3) is 0 Å². The molecule has 1 aromatic carbocycles. The SMILES string of the molecule is CC1(c2cccnc2)NC(=O)N(Cc2ccc(CN)cc2)C1=O. The first-order valence-corrected chi connectivity index (χ1v) is 7.37. The standard InChI is InChI=1S/C17H18N4O2/c1-17(14-3-2-8-19-10-14)15(22)21(16(23)20-17)11-13-6-4-12(9-18)5-7-13/h2-8,10H,9,11,18H2,1H3,(H,20,23). The van der Waals surface area contributed by atoms with Gasteiger partial charge in [-0.1, -0.05) is 30.3 Å². The lowest BCUT2D eigenvalue weighted by molar-refractivity contribution is -0.131. The number of nitrogens with zero attached hydrogens (tertiary/aromatic N) is 2. The number of pyridine rings is 1. The zero-order chi connectivity index (χ0) is 16.4. The summed E-state index contributed by atoms with van der Waals surface area (Å²) in [6.45, 7) is 2.38. The summed E-state index contributed by atoms with van der Waals surface area (Å²) in [5, 5.41) is 2.77. The van der Waals surface area contributed by atoms with Crippen LogP contribution in [0.3, 0.4) is 0 Å². The lowest BCUT2D eigenvalue weighted by Crippen LogP contribution is -2.40. The summed E-state index contributed by atoms with van der Waals surface area (Å²) in [6, 6.07) is 10.7. The van der Waals surface area contributed by atoms with Gasteiger partial charge >= 0.3 is 6.03 Å². The van der Waals surface area contributed by atoms with Crippen molar-refractivity contribution >= 4 is 11.9 Å². The van der Waals surface area contributed by atoms with E-state index in [2.05, 4.69) is 10.3 Å². The molecule has 1 unspecified atom stereocenters. The van der Waals surface area contributed by atoms with Crippen LogP contribution in [0.4, 0.5) is 4.79 Å². The van der Waals surface area contributed by atoms with Crippen molar-refractivity contribution in [2.24, 2.45) is 5.73 Å². The van der Waals surface area contributed by atoms with E-state index in [0.717, 1.165) is 11.1 Å². The van der Waals surface area contributed by atoms with Crippen molar-refractivity contribution in [3.05, 3.63) is 65.5 Å². The zero-order valence-electron chi connectivity index (χ0n) is 12.8. The molecule has 1 aliphatic rings. The molecule has 6 nitrogen and oxygen atoms in total. The van der Waals surface area contributed by atoms with Gasteiger partial charge in [0.15, 0.2) is 0 Å². The molecule has 3 amide bonds. The van der Waals surface area contributed by atoms with Crippen LogP contribution < -0.4 is 11.1 Å². The van der Waals surface area contributed by atoms with E-state index < -0.39 is 11.6 Å². The predicted octanol–water partition coefficient (Wildman–Crippen LogP) is 1.51. The first kappa shape index (κ1) is 15.2. The quantitative estimate of drug-likeness (QED) is 0.838. The fraction of sp³-hybridized carbons (Fsp3) is 0.235. The molecule has 2 heterocycles. The number of nitrogens with two attached hydrogens (primary N) is 1. The summed E-state index contributed by atoms with van der Waals surface area (Å²) >= 11 is 0. The predicted molar refractivity (Wildman–Crippen MR) is 85.0 cm³/mol. The van der Waals surface area contributed by atoms with E-state index in [1.807, 2.05) is 24.3 Å². The lowest BCUT2D eigenvalue weighted by Gasteiger charge is -2.21. The van der Waals surface area contributed by atoms with E-state index in [9.17, 15) is 9.59 Å². The fourth-order valence-corrected chi connectivity index (χ4v) is 2.66. The van der Waals surface area contributed by atoms with Gasteiger partial charge in [-0.3, -0.25) is 14.7 Å². The molecule has 1 fully saturated rings. The summed E-state index contributed by atoms with van der Waals surface area (Å²) in [6.07, 6.45) is 3.22. The number of hydrogen-bond acceptors (Lipinski definition) is 4. The minimum Gasteiger partial charge on any atom is -0.326 e. The molecule has 3 N–H and O–H groups in total. The number of urea groups is 1. The number of benzene rings is 1. The monoisotopic (exact) mass is 310 g/mol. The minimum atomic E-state index is -1.08. The maximum absolute atomic E-state index is 12.8. The number of amides is 3. The van der Waals surface area contributed by atoms with Crippen molar-refractivity contribution in [3.8, 4) is 0 Å². The van der Waals surface area contributed by atoms with Gasteiger partial charge in [-0.15, -0.1) is 0 Å². The molecule has 2 aromatic rings. The molecular weight excluding hydrogens is 292 g/mol. The van der Waals surface area contributed by atoms with Gasteiger partial charge < -0.3 is 11.1 Å². The second-order valence-electron chi connectivity index (χ2n) is 5.71. The van der Waals surface area contributed by atoms with Crippen molar-refractivity contribution in [2.75, 3.05) is 0 Å². The normalized spacial score (nSPS) is 20.7. The van der Waals surface area contributed by atoms with Crippen LogP contribution in [0.2, 0.25) is 0 Å². The summed E-state index contributed by atoms with van der Waals surface area (Å²) in [7, 11) is 0. The van der Waals surface area contributed by atoms with Crippen molar-refractivity contribution in [2.45, 2.75) is 25.6 Å². The Morgan fingerprint density at radius 1 is 1.17 bits per heavy atom. The molecule has 0 bridgehead atoms. The largest absolute Gasteiger partial charge is 0.326 e. The van der Waals surface area contributed by atoms with E-state index >= 15 is 0 Å². The van der Waals surface area contributed by atoms with Gasteiger partial charge in [0.05, 0.1) is 6.54 Å². The lowest BCUT2D eigenvalue weighted by atomic mass is 9.93. The van der Waals surface area contributed by atoms with E-state index in [0.29, 0.717) is 12.1 Å². The van der Waals surface area contributed by atoms with E-state index in [4.69, 9.17) is 5.73 Å². The summed E-state index contributed by atoms with van der Waals surface area (Å²) in [5.74, 6) is -0.279. The Kier molecular flexibility index (Phi) is 3.83. The number of nitrogens with one attached hydrogen (secondary N) is 1. The molecule has 1 aliphatic heterocycles. The molecule has 23 heavy (non-hydrogen) atoms. The maximum Gasteiger partial charge on any atom is 0.325 e. The minimum absolute atomic E-state index is 0.228. The molecule has 0 aliphatic carbocycles. The molecule has 1 atom stereocenters. The number of aromatic nitrogens is 1. The summed E-state index contributed by atoms with van der Waals surface area (Å²) < 4.78 is 0. The average Bonchev–Trinajstić information content (AvgIpc) is 2.81. The summed E-state index contributed by atoms with van der Waals surface area (Å²) in [5.41, 5.74) is 7.04. The van der Waals surface area contributed by atoms with Crippen LogP contribution in [0, 0.1) is 0 Å². The second kappa shape index (κ2) is 5.81. The van der Waals surface area contributed by atoms with Gasteiger partial charge in [-0.05, 0) is 24.1 Å². The van der Waals surface area contributed by atoms with Crippen LogP contribution in [0.5, 0.6) is 0 Å². The van der Waals surface area contributed by atoms with Crippen LogP contribution in [0.15, 0.2) is 48.8 Å². The smallest absolute Gasteiger partial charge is 0.325 e. The Morgan fingerprint density at radius 3 is 2.48 bits per heavy atom. The third-order valence-electron chi connectivity index (χ3n) is 4.11. The van der Waals surface area contributed by atoms with E-state index in [1.54, 1.807) is 31.5 Å². The fourth-order valence-electron chi connectivity index (χ4n) is 2.66. The highest BCUT2D eigenvalue weighted by Crippen LogP contribution is 2.29. The highest BCUT2D eigenvalue weighted by atomic mass is 16.2. The Bertz CT molecular complexity index is 730. The third kappa shape index (κ3) is 2.68. The molecule has 1 aromatic heterocycles. The first-order valence-electron chi connectivity index (χ1n) is 7.37. The highest BCUT2D eigenvalue weighted by molar-refractivity contribution is 6.07. The first-order chi connectivity index (χ1) is 11.0. The van der Waals surface area contributed by atoms with E-state index in [-0.39, 0.29) is 12.5 Å². The topological polar surface area (TPSA) is 88.3 Å². The zero-order valence-corrected chi connectivity index (χ0v) is 12.8. The maximum atomic E-state index is 12.8. The Morgan fingerprint density at radius 2 is 1.87 bits per heavy atom. The average molecular weight is 310 g/mol. The Labute approximate surface area is 134 Å². The van der Waals surface area contributed by atoms with Crippen LogP contribution in [-0.2, 0) is 23.4 Å². The van der Waals surface area contributed by atoms with Crippen molar-refractivity contribution in [3.63, 3.8) is 0 Å². The van der Waals surface area contributed by atoms with Crippen LogP contribution in [0.1, 0.15) is 23.6 Å². The number of carbonyl (C=O) groups is 2. The number of rotatable bonds is 4. The molecule has 0 radical (unpaired) electrons. The molecule has 118 valence electrons. The molecule has 0 saturated carbocycles. The molecule has 6 heteroatoms. The van der Waals surface area contributed by atoms with Gasteiger partial charge in [0.2, 0.25) is 0 Å². The van der Waals surface area contributed by atoms with Gasteiger partial charge in [-0.2, -0.15) is 0 Å². The molecule has 3 rings (SSSR count). The Hall–Kier alpha value is -2.73.